The first kappa shape index (κ1) is 10.9. The van der Waals surface area contributed by atoms with Crippen LogP contribution in [0.25, 0.3) is 5.65 Å². The summed E-state index contributed by atoms with van der Waals surface area (Å²) in [5.74, 6) is 0.446. The van der Waals surface area contributed by atoms with E-state index in [0.29, 0.717) is 18.8 Å². The first-order valence-corrected chi connectivity index (χ1v) is 4.63. The van der Waals surface area contributed by atoms with Gasteiger partial charge in [-0.3, -0.25) is 0 Å². The molecule has 2 N–H and O–H groups in total. The summed E-state index contributed by atoms with van der Waals surface area (Å²) >= 11 is 0. The molecule has 2 aromatic heterocycles. The second-order valence-electron chi connectivity index (χ2n) is 3.28. The van der Waals surface area contributed by atoms with Crippen molar-refractivity contribution in [3.8, 4) is 0 Å². The third-order valence-electron chi connectivity index (χ3n) is 2.08. The Morgan fingerprint density at radius 2 is 2.12 bits per heavy atom. The summed E-state index contributed by atoms with van der Waals surface area (Å²) in [6.45, 7) is 0.364. The minimum atomic E-state index is -4.36. The van der Waals surface area contributed by atoms with E-state index >= 15 is 0 Å². The molecule has 0 aliphatic carbocycles. The van der Waals surface area contributed by atoms with E-state index in [1.54, 1.807) is 0 Å². The van der Waals surface area contributed by atoms with Crippen molar-refractivity contribution < 1.29 is 13.2 Å². The van der Waals surface area contributed by atoms with Crippen molar-refractivity contribution in [3.05, 3.63) is 29.7 Å². The molecule has 0 atom stereocenters. The summed E-state index contributed by atoms with van der Waals surface area (Å²) < 4.78 is 38.5. The van der Waals surface area contributed by atoms with Gasteiger partial charge < -0.3 is 5.73 Å². The molecule has 0 bridgehead atoms. The van der Waals surface area contributed by atoms with Gasteiger partial charge in [0, 0.05) is 12.6 Å². The molecule has 7 heteroatoms. The van der Waals surface area contributed by atoms with Crippen LogP contribution in [0.4, 0.5) is 13.2 Å². The van der Waals surface area contributed by atoms with E-state index in [2.05, 4.69) is 10.1 Å². The molecule has 0 fully saturated rings. The second kappa shape index (κ2) is 3.75. The number of aromatic nitrogens is 3. The summed E-state index contributed by atoms with van der Waals surface area (Å²) in [5, 5.41) is 3.98. The van der Waals surface area contributed by atoms with Gasteiger partial charge in [-0.1, -0.05) is 0 Å². The fourth-order valence-electron chi connectivity index (χ4n) is 1.34. The van der Waals surface area contributed by atoms with Gasteiger partial charge in [0.2, 0.25) is 0 Å². The second-order valence-corrected chi connectivity index (χ2v) is 3.28. The number of rotatable bonds is 2. The maximum atomic E-state index is 12.4. The fraction of sp³-hybridized carbons (Fsp3) is 0.333. The van der Waals surface area contributed by atoms with E-state index in [1.165, 1.54) is 10.7 Å². The number of pyridine rings is 1. The lowest BCUT2D eigenvalue weighted by Gasteiger charge is -2.05. The number of nitrogens with zero attached hydrogens (tertiary/aromatic N) is 3. The van der Waals surface area contributed by atoms with Crippen molar-refractivity contribution in [1.29, 1.82) is 0 Å². The summed E-state index contributed by atoms with van der Waals surface area (Å²) in [7, 11) is 0. The number of alkyl halides is 3. The molecule has 86 valence electrons. The van der Waals surface area contributed by atoms with Crippen LogP contribution in [0.15, 0.2) is 18.3 Å². The third-order valence-corrected chi connectivity index (χ3v) is 2.08. The smallest absolute Gasteiger partial charge is 0.330 e. The van der Waals surface area contributed by atoms with E-state index in [4.69, 9.17) is 5.73 Å². The van der Waals surface area contributed by atoms with Crippen molar-refractivity contribution in [2.75, 3.05) is 6.54 Å². The lowest BCUT2D eigenvalue weighted by molar-refractivity contribution is -0.137. The molecule has 0 saturated heterocycles. The fourth-order valence-corrected chi connectivity index (χ4v) is 1.34. The first-order valence-electron chi connectivity index (χ1n) is 4.63. The Hall–Kier alpha value is -1.63. The molecule has 0 saturated carbocycles. The van der Waals surface area contributed by atoms with Gasteiger partial charge in [0.1, 0.15) is 0 Å². The highest BCUT2D eigenvalue weighted by Gasteiger charge is 2.30. The number of nitrogens with two attached hydrogens (primary N) is 1. The Kier molecular flexibility index (Phi) is 2.55. The van der Waals surface area contributed by atoms with Gasteiger partial charge >= 0.3 is 6.18 Å². The predicted octanol–water partition coefficient (Wildman–Crippen LogP) is 1.25. The zero-order chi connectivity index (χ0) is 11.8. The van der Waals surface area contributed by atoms with Crippen LogP contribution in [0.3, 0.4) is 0 Å². The average molecular weight is 230 g/mol. The van der Waals surface area contributed by atoms with Gasteiger partial charge in [0.15, 0.2) is 11.5 Å². The average Bonchev–Trinajstić information content (AvgIpc) is 2.57. The first-order chi connectivity index (χ1) is 7.50. The third kappa shape index (κ3) is 1.99. The van der Waals surface area contributed by atoms with Crippen LogP contribution in [0.5, 0.6) is 0 Å². The van der Waals surface area contributed by atoms with Crippen LogP contribution in [0.1, 0.15) is 11.4 Å². The molecule has 2 rings (SSSR count). The Bertz CT molecular complexity index is 503. The SMILES string of the molecule is NCCc1nc2cc(C(F)(F)F)ccn2n1. The van der Waals surface area contributed by atoms with Crippen LogP contribution in [-0.4, -0.2) is 21.1 Å². The number of halogens is 3. The highest BCUT2D eigenvalue weighted by Crippen LogP contribution is 2.29. The summed E-state index contributed by atoms with van der Waals surface area (Å²) in [6.07, 6.45) is -2.67. The van der Waals surface area contributed by atoms with Gasteiger partial charge in [-0.15, -0.1) is 0 Å². The molecule has 2 heterocycles. The van der Waals surface area contributed by atoms with Gasteiger partial charge in [0.25, 0.3) is 0 Å². The molecule has 16 heavy (non-hydrogen) atoms. The van der Waals surface area contributed by atoms with Crippen molar-refractivity contribution >= 4 is 5.65 Å². The van der Waals surface area contributed by atoms with Crippen LogP contribution >= 0.6 is 0 Å². The Morgan fingerprint density at radius 1 is 1.38 bits per heavy atom. The zero-order valence-corrected chi connectivity index (χ0v) is 8.20. The van der Waals surface area contributed by atoms with E-state index in [1.807, 2.05) is 0 Å². The standard InChI is InChI=1S/C9H9F3N4/c10-9(11,12)6-2-4-16-8(5-6)14-7(15-16)1-3-13/h2,4-5H,1,3,13H2. The zero-order valence-electron chi connectivity index (χ0n) is 8.20. The minimum absolute atomic E-state index is 0.179. The summed E-state index contributed by atoms with van der Waals surface area (Å²) in [6, 6.07) is 1.93. The van der Waals surface area contributed by atoms with E-state index in [0.717, 1.165) is 12.1 Å². The van der Waals surface area contributed by atoms with Gasteiger partial charge in [-0.2, -0.15) is 18.3 Å². The van der Waals surface area contributed by atoms with E-state index < -0.39 is 11.7 Å². The molecular formula is C9H9F3N4. The van der Waals surface area contributed by atoms with Crippen LogP contribution in [-0.2, 0) is 12.6 Å². The number of hydrogen-bond donors (Lipinski definition) is 1. The van der Waals surface area contributed by atoms with Crippen molar-refractivity contribution in [3.63, 3.8) is 0 Å². The highest BCUT2D eigenvalue weighted by atomic mass is 19.4. The maximum absolute atomic E-state index is 12.4. The van der Waals surface area contributed by atoms with Crippen LogP contribution in [0.2, 0.25) is 0 Å². The molecule has 0 aliphatic rings. The number of fused-ring (bicyclic) bond motifs is 1. The predicted molar refractivity (Wildman–Crippen MR) is 50.7 cm³/mol. The molecule has 4 nitrogen and oxygen atoms in total. The molecule has 0 spiro atoms. The largest absolute Gasteiger partial charge is 0.416 e. The maximum Gasteiger partial charge on any atom is 0.416 e. The topological polar surface area (TPSA) is 56.2 Å². The molecule has 0 radical (unpaired) electrons. The highest BCUT2D eigenvalue weighted by molar-refractivity contribution is 5.41. The van der Waals surface area contributed by atoms with Gasteiger partial charge in [0.05, 0.1) is 5.56 Å². The molecule has 0 aliphatic heterocycles. The molecule has 2 aromatic rings. The quantitative estimate of drug-likeness (QED) is 0.844. The Balaban J connectivity index is 2.46. The van der Waals surface area contributed by atoms with Crippen molar-refractivity contribution in [1.82, 2.24) is 14.6 Å². The lowest BCUT2D eigenvalue weighted by Crippen LogP contribution is -2.05. The van der Waals surface area contributed by atoms with Crippen LogP contribution < -0.4 is 5.73 Å². The normalized spacial score (nSPS) is 12.2. The van der Waals surface area contributed by atoms with Gasteiger partial charge in [-0.25, -0.2) is 9.50 Å². The molecular weight excluding hydrogens is 221 g/mol. The van der Waals surface area contributed by atoms with E-state index in [9.17, 15) is 13.2 Å². The summed E-state index contributed by atoms with van der Waals surface area (Å²) in [5.41, 5.74) is 4.76. The van der Waals surface area contributed by atoms with Crippen LogP contribution in [0, 0.1) is 0 Å². The summed E-state index contributed by atoms with van der Waals surface area (Å²) in [4.78, 5) is 3.95. The van der Waals surface area contributed by atoms with E-state index in [-0.39, 0.29) is 5.65 Å². The monoisotopic (exact) mass is 230 g/mol. The lowest BCUT2D eigenvalue weighted by atomic mass is 10.2. The Morgan fingerprint density at radius 3 is 2.75 bits per heavy atom. The molecule has 0 unspecified atom stereocenters. The Labute approximate surface area is 88.9 Å². The van der Waals surface area contributed by atoms with Crippen molar-refractivity contribution in [2.24, 2.45) is 5.73 Å². The minimum Gasteiger partial charge on any atom is -0.330 e. The molecule has 0 aromatic carbocycles. The number of hydrogen-bond acceptors (Lipinski definition) is 3. The van der Waals surface area contributed by atoms with Crippen molar-refractivity contribution in [2.45, 2.75) is 12.6 Å². The molecule has 0 amide bonds. The van der Waals surface area contributed by atoms with Gasteiger partial charge in [-0.05, 0) is 18.7 Å².